The third-order valence-corrected chi connectivity index (χ3v) is 7.17. The van der Waals surface area contributed by atoms with Crippen LogP contribution in [-0.2, 0) is 23.5 Å². The summed E-state index contributed by atoms with van der Waals surface area (Å²) in [4.78, 5) is 27.4. The highest BCUT2D eigenvalue weighted by Gasteiger charge is 2.63. The predicted molar refractivity (Wildman–Crippen MR) is 118 cm³/mol. The number of nitrogens with zero attached hydrogens (tertiary/aromatic N) is 5. The SMILES string of the molecule is N#CC1(NC(=O)c2ncc3c(n2)CN(C2=NOC(c4cc(Cl)c(F)c(Cl)c4)(C(F)(F)F)C2)C3)CCC1. The second kappa shape index (κ2) is 8.45. The largest absolute Gasteiger partial charge is 0.435 e. The van der Waals surface area contributed by atoms with Crippen LogP contribution in [0.15, 0.2) is 23.5 Å². The third-order valence-electron chi connectivity index (χ3n) is 6.62. The maximum Gasteiger partial charge on any atom is 0.435 e. The van der Waals surface area contributed by atoms with E-state index in [9.17, 15) is 27.6 Å². The van der Waals surface area contributed by atoms with Gasteiger partial charge in [0.2, 0.25) is 5.82 Å². The number of carbonyl (C=O) groups excluding carboxylic acids is 1. The summed E-state index contributed by atoms with van der Waals surface area (Å²) in [7, 11) is 0. The molecule has 1 N–H and O–H groups in total. The monoisotopic (exact) mass is 542 g/mol. The van der Waals surface area contributed by atoms with Gasteiger partial charge < -0.3 is 15.1 Å². The first-order valence-electron chi connectivity index (χ1n) is 10.8. The van der Waals surface area contributed by atoms with Crippen LogP contribution in [0.1, 0.15) is 53.1 Å². The van der Waals surface area contributed by atoms with E-state index in [1.165, 1.54) is 11.1 Å². The molecule has 1 saturated carbocycles. The summed E-state index contributed by atoms with van der Waals surface area (Å²) in [6, 6.07) is 3.74. The molecule has 2 aliphatic heterocycles. The molecule has 1 atom stereocenters. The van der Waals surface area contributed by atoms with Gasteiger partial charge in [-0.3, -0.25) is 4.79 Å². The topological polar surface area (TPSA) is 104 Å². The summed E-state index contributed by atoms with van der Waals surface area (Å²) < 4.78 is 56.6. The number of carbonyl (C=O) groups is 1. The van der Waals surface area contributed by atoms with Gasteiger partial charge in [0.15, 0.2) is 5.82 Å². The van der Waals surface area contributed by atoms with Gasteiger partial charge in [-0.1, -0.05) is 28.4 Å². The van der Waals surface area contributed by atoms with Crippen LogP contribution >= 0.6 is 23.2 Å². The highest BCUT2D eigenvalue weighted by molar-refractivity contribution is 6.35. The van der Waals surface area contributed by atoms with Gasteiger partial charge in [0.1, 0.15) is 11.4 Å². The van der Waals surface area contributed by atoms with Gasteiger partial charge in [-0.25, -0.2) is 14.4 Å². The first-order chi connectivity index (χ1) is 17.0. The standard InChI is InChI=1S/C22H16Cl2F4N6O2/c23-13-4-12(5-14(24)17(13)25)21(22(26,27)28)6-16(33-36-21)34-8-11-7-30-18(31-15(11)9-34)19(35)32-20(10-29)2-1-3-20/h4-5,7H,1-3,6,8-9H2,(H,32,35). The van der Waals surface area contributed by atoms with E-state index in [2.05, 4.69) is 26.5 Å². The fraction of sp³-hybridized carbons (Fsp3) is 0.409. The Morgan fingerprint density at radius 3 is 2.50 bits per heavy atom. The van der Waals surface area contributed by atoms with Crippen molar-refractivity contribution in [2.45, 2.75) is 56.1 Å². The van der Waals surface area contributed by atoms with Gasteiger partial charge in [-0.05, 0) is 31.4 Å². The number of rotatable bonds is 3. The van der Waals surface area contributed by atoms with E-state index in [1.807, 2.05) is 0 Å². The summed E-state index contributed by atoms with van der Waals surface area (Å²) in [5.41, 5.74) is -3.28. The number of hydrogen-bond donors (Lipinski definition) is 1. The van der Waals surface area contributed by atoms with E-state index in [1.54, 1.807) is 0 Å². The van der Waals surface area contributed by atoms with E-state index in [0.29, 0.717) is 24.1 Å². The Balaban J connectivity index is 1.35. The van der Waals surface area contributed by atoms with E-state index in [-0.39, 0.29) is 24.7 Å². The number of amides is 1. The number of alkyl halides is 3. The van der Waals surface area contributed by atoms with E-state index in [0.717, 1.165) is 18.6 Å². The molecular formula is C22H16Cl2F4N6O2. The number of halogens is 6. The van der Waals surface area contributed by atoms with Gasteiger partial charge >= 0.3 is 6.18 Å². The van der Waals surface area contributed by atoms with Crippen molar-refractivity contribution >= 4 is 34.9 Å². The maximum atomic E-state index is 14.2. The van der Waals surface area contributed by atoms with Crippen LogP contribution in [0.2, 0.25) is 10.0 Å². The van der Waals surface area contributed by atoms with Gasteiger partial charge in [0.05, 0.1) is 34.8 Å². The smallest absolute Gasteiger partial charge is 0.372 e. The molecule has 3 heterocycles. The molecule has 1 amide bonds. The first-order valence-corrected chi connectivity index (χ1v) is 11.5. The Morgan fingerprint density at radius 2 is 1.92 bits per heavy atom. The van der Waals surface area contributed by atoms with Gasteiger partial charge in [-0.2, -0.15) is 18.4 Å². The van der Waals surface area contributed by atoms with E-state index < -0.39 is 51.1 Å². The molecule has 3 aliphatic rings. The molecule has 5 rings (SSSR count). The molecule has 36 heavy (non-hydrogen) atoms. The van der Waals surface area contributed by atoms with Gasteiger partial charge in [-0.15, -0.1) is 0 Å². The molecule has 188 valence electrons. The Bertz CT molecular complexity index is 1320. The van der Waals surface area contributed by atoms with Crippen molar-refractivity contribution in [2.75, 3.05) is 0 Å². The van der Waals surface area contributed by atoms with Crippen LogP contribution < -0.4 is 5.32 Å². The number of hydrogen-bond acceptors (Lipinski definition) is 7. The summed E-state index contributed by atoms with van der Waals surface area (Å²) in [5.74, 6) is -1.79. The number of oxime groups is 1. The quantitative estimate of drug-likeness (QED) is 0.448. The Morgan fingerprint density at radius 1 is 1.22 bits per heavy atom. The van der Waals surface area contributed by atoms with Gasteiger partial charge in [0, 0.05) is 23.9 Å². The minimum Gasteiger partial charge on any atom is -0.372 e. The minimum atomic E-state index is -4.93. The Kier molecular flexibility index (Phi) is 5.76. The molecular weight excluding hydrogens is 527 g/mol. The highest BCUT2D eigenvalue weighted by Crippen LogP contribution is 2.50. The number of amidine groups is 1. The molecule has 1 unspecified atom stereocenters. The highest BCUT2D eigenvalue weighted by atomic mass is 35.5. The number of fused-ring (bicyclic) bond motifs is 1. The van der Waals surface area contributed by atoms with Crippen molar-refractivity contribution < 1.29 is 27.2 Å². The second-order valence-electron chi connectivity index (χ2n) is 8.88. The fourth-order valence-corrected chi connectivity index (χ4v) is 4.85. The van der Waals surface area contributed by atoms with Crippen LogP contribution in [0.5, 0.6) is 0 Å². The lowest BCUT2D eigenvalue weighted by atomic mass is 9.78. The normalized spacial score (nSPS) is 22.2. The predicted octanol–water partition coefficient (Wildman–Crippen LogP) is 4.61. The zero-order valence-electron chi connectivity index (χ0n) is 18.3. The summed E-state index contributed by atoms with van der Waals surface area (Å²) in [6.07, 6.45) is -2.32. The Hall–Kier alpha value is -3.17. The molecule has 0 saturated heterocycles. The molecule has 2 aromatic rings. The van der Waals surface area contributed by atoms with Gasteiger partial charge in [0.25, 0.3) is 11.5 Å². The first kappa shape index (κ1) is 24.5. The third kappa shape index (κ3) is 3.90. The van der Waals surface area contributed by atoms with Crippen molar-refractivity contribution in [3.8, 4) is 6.07 Å². The second-order valence-corrected chi connectivity index (χ2v) is 9.69. The van der Waals surface area contributed by atoms with Crippen LogP contribution in [0.4, 0.5) is 17.6 Å². The molecule has 0 radical (unpaired) electrons. The molecule has 8 nitrogen and oxygen atoms in total. The molecule has 0 spiro atoms. The summed E-state index contributed by atoms with van der Waals surface area (Å²) in [6.45, 7) is 0.197. The van der Waals surface area contributed by atoms with Crippen molar-refractivity contribution in [2.24, 2.45) is 5.16 Å². The number of nitriles is 1. The minimum absolute atomic E-state index is 0.0224. The van der Waals surface area contributed by atoms with E-state index >= 15 is 0 Å². The van der Waals surface area contributed by atoms with Crippen molar-refractivity contribution in [1.29, 1.82) is 5.26 Å². The maximum absolute atomic E-state index is 14.2. The lowest BCUT2D eigenvalue weighted by Gasteiger charge is -2.35. The average molecular weight is 543 g/mol. The molecule has 1 fully saturated rings. The average Bonchev–Trinajstić information content (AvgIpc) is 3.44. The number of nitrogens with one attached hydrogen (secondary N) is 1. The van der Waals surface area contributed by atoms with Crippen LogP contribution in [-0.4, -0.2) is 38.3 Å². The molecule has 0 bridgehead atoms. The Labute approximate surface area is 211 Å². The van der Waals surface area contributed by atoms with Crippen LogP contribution in [0.3, 0.4) is 0 Å². The van der Waals surface area contributed by atoms with Crippen molar-refractivity contribution in [3.05, 3.63) is 56.8 Å². The summed E-state index contributed by atoms with van der Waals surface area (Å²) >= 11 is 11.5. The zero-order valence-corrected chi connectivity index (χ0v) is 19.8. The van der Waals surface area contributed by atoms with Crippen molar-refractivity contribution in [1.82, 2.24) is 20.2 Å². The van der Waals surface area contributed by atoms with E-state index in [4.69, 9.17) is 28.0 Å². The molecule has 1 aromatic carbocycles. The zero-order chi connectivity index (χ0) is 25.9. The molecule has 1 aromatic heterocycles. The lowest BCUT2D eigenvalue weighted by Crippen LogP contribution is -2.52. The molecule has 14 heteroatoms. The lowest BCUT2D eigenvalue weighted by molar-refractivity contribution is -0.275. The summed E-state index contributed by atoms with van der Waals surface area (Å²) in [5, 5.41) is 14.5. The van der Waals surface area contributed by atoms with Crippen LogP contribution in [0, 0.1) is 17.1 Å². The molecule has 1 aliphatic carbocycles. The van der Waals surface area contributed by atoms with Crippen molar-refractivity contribution in [3.63, 3.8) is 0 Å². The number of benzene rings is 1. The fourth-order valence-electron chi connectivity index (χ4n) is 4.36. The number of aromatic nitrogens is 2. The van der Waals surface area contributed by atoms with Crippen LogP contribution in [0.25, 0.3) is 0 Å².